The van der Waals surface area contributed by atoms with Gasteiger partial charge in [0, 0.05) is 11.8 Å². The van der Waals surface area contributed by atoms with E-state index < -0.39 is 0 Å². The number of thioether (sulfide) groups is 1. The third kappa shape index (κ3) is 2.72. The summed E-state index contributed by atoms with van der Waals surface area (Å²) in [5.41, 5.74) is 2.20. The van der Waals surface area contributed by atoms with Crippen LogP contribution in [0.25, 0.3) is 0 Å². The first-order valence-electron chi connectivity index (χ1n) is 4.61. The van der Waals surface area contributed by atoms with Gasteiger partial charge in [-0.2, -0.15) is 11.8 Å². The quantitative estimate of drug-likeness (QED) is 0.825. The molecule has 0 aliphatic heterocycles. The van der Waals surface area contributed by atoms with Crippen molar-refractivity contribution < 1.29 is 4.39 Å². The lowest BCUT2D eigenvalue weighted by atomic mass is 10.0. The molecule has 0 spiro atoms. The fraction of sp³-hybridized carbons (Fsp3) is 0.455. The largest absolute Gasteiger partial charge is 0.312 e. The summed E-state index contributed by atoms with van der Waals surface area (Å²) in [6.45, 7) is 2.01. The normalized spacial score (nSPS) is 12.9. The average Bonchev–Trinajstić information content (AvgIpc) is 2.18. The molecule has 78 valence electrons. The van der Waals surface area contributed by atoms with E-state index in [4.69, 9.17) is 0 Å². The molecule has 0 aliphatic carbocycles. The van der Waals surface area contributed by atoms with Gasteiger partial charge in [0.2, 0.25) is 0 Å². The number of benzene rings is 1. The van der Waals surface area contributed by atoms with Gasteiger partial charge in [-0.1, -0.05) is 6.07 Å². The van der Waals surface area contributed by atoms with Crippen molar-refractivity contribution in [1.29, 1.82) is 0 Å². The molecule has 0 saturated carbocycles. The van der Waals surface area contributed by atoms with Crippen LogP contribution in [0.2, 0.25) is 0 Å². The van der Waals surface area contributed by atoms with Crippen molar-refractivity contribution in [2.75, 3.05) is 19.1 Å². The Kier molecular flexibility index (Phi) is 4.42. The molecular weight excluding hydrogens is 197 g/mol. The van der Waals surface area contributed by atoms with Gasteiger partial charge in [0.05, 0.1) is 0 Å². The zero-order chi connectivity index (χ0) is 10.6. The predicted octanol–water partition coefficient (Wildman–Crippen LogP) is 2.76. The second-order valence-electron chi connectivity index (χ2n) is 3.30. The Balaban J connectivity index is 2.96. The molecule has 0 bridgehead atoms. The summed E-state index contributed by atoms with van der Waals surface area (Å²) in [6.07, 6.45) is 2.05. The van der Waals surface area contributed by atoms with Gasteiger partial charge in [-0.15, -0.1) is 0 Å². The van der Waals surface area contributed by atoms with Crippen molar-refractivity contribution >= 4 is 11.8 Å². The first-order chi connectivity index (χ1) is 6.69. The Labute approximate surface area is 89.1 Å². The third-order valence-electron chi connectivity index (χ3n) is 2.30. The third-order valence-corrected chi connectivity index (χ3v) is 2.97. The van der Waals surface area contributed by atoms with E-state index in [9.17, 15) is 4.39 Å². The van der Waals surface area contributed by atoms with Gasteiger partial charge in [-0.3, -0.25) is 0 Å². The lowest BCUT2D eigenvalue weighted by Crippen LogP contribution is -2.19. The van der Waals surface area contributed by atoms with Crippen LogP contribution in [0.3, 0.4) is 0 Å². The first-order valence-corrected chi connectivity index (χ1v) is 6.00. The number of hydrogen-bond donors (Lipinski definition) is 1. The Morgan fingerprint density at radius 2 is 2.21 bits per heavy atom. The minimum atomic E-state index is -0.160. The summed E-state index contributed by atoms with van der Waals surface area (Å²) < 4.78 is 13.0. The Hall–Kier alpha value is -0.540. The highest BCUT2D eigenvalue weighted by Gasteiger charge is 2.11. The Bertz CT molecular complexity index is 301. The fourth-order valence-electron chi connectivity index (χ4n) is 1.48. The molecule has 1 nitrogen and oxygen atoms in total. The summed E-state index contributed by atoms with van der Waals surface area (Å²) in [7, 11) is 1.91. The molecule has 0 amide bonds. The fourth-order valence-corrected chi connectivity index (χ4v) is 2.16. The molecular formula is C11H16FNS. The number of hydrogen-bond acceptors (Lipinski definition) is 2. The van der Waals surface area contributed by atoms with Crippen molar-refractivity contribution in [3.8, 4) is 0 Å². The molecule has 1 aromatic rings. The molecule has 14 heavy (non-hydrogen) atoms. The van der Waals surface area contributed by atoms with Gasteiger partial charge in [0.15, 0.2) is 0 Å². The van der Waals surface area contributed by atoms with E-state index in [2.05, 4.69) is 11.6 Å². The maximum atomic E-state index is 13.0. The number of nitrogens with one attached hydrogen (secondary N) is 1. The highest BCUT2D eigenvalue weighted by molar-refractivity contribution is 7.98. The van der Waals surface area contributed by atoms with E-state index in [-0.39, 0.29) is 11.9 Å². The highest BCUT2D eigenvalue weighted by Crippen LogP contribution is 2.21. The zero-order valence-corrected chi connectivity index (χ0v) is 9.62. The summed E-state index contributed by atoms with van der Waals surface area (Å²) in [5.74, 6) is 0.799. The molecule has 0 heterocycles. The highest BCUT2D eigenvalue weighted by atomic mass is 32.2. The number of rotatable bonds is 4. The van der Waals surface area contributed by atoms with Gasteiger partial charge in [0.1, 0.15) is 5.82 Å². The molecule has 1 unspecified atom stereocenters. The van der Waals surface area contributed by atoms with Crippen LogP contribution in [0.4, 0.5) is 4.39 Å². The SMILES string of the molecule is CNC(CSC)c1cc(F)ccc1C. The van der Waals surface area contributed by atoms with Gasteiger partial charge < -0.3 is 5.32 Å². The van der Waals surface area contributed by atoms with Gasteiger partial charge >= 0.3 is 0 Å². The molecule has 0 radical (unpaired) electrons. The molecule has 0 aromatic heterocycles. The van der Waals surface area contributed by atoms with Crippen molar-refractivity contribution in [3.63, 3.8) is 0 Å². The average molecular weight is 213 g/mol. The van der Waals surface area contributed by atoms with Crippen LogP contribution < -0.4 is 5.32 Å². The molecule has 3 heteroatoms. The predicted molar refractivity (Wildman–Crippen MR) is 61.3 cm³/mol. The van der Waals surface area contributed by atoms with Crippen LogP contribution >= 0.6 is 11.8 Å². The topological polar surface area (TPSA) is 12.0 Å². The lowest BCUT2D eigenvalue weighted by molar-refractivity contribution is 0.609. The van der Waals surface area contributed by atoms with Crippen molar-refractivity contribution in [2.45, 2.75) is 13.0 Å². The molecule has 0 saturated heterocycles. The zero-order valence-electron chi connectivity index (χ0n) is 8.80. The maximum Gasteiger partial charge on any atom is 0.123 e. The Morgan fingerprint density at radius 1 is 1.50 bits per heavy atom. The van der Waals surface area contributed by atoms with Crippen molar-refractivity contribution in [1.82, 2.24) is 5.32 Å². The Morgan fingerprint density at radius 3 is 2.79 bits per heavy atom. The standard InChI is InChI=1S/C11H16FNS/c1-8-4-5-9(12)6-10(8)11(13-2)7-14-3/h4-6,11,13H,7H2,1-3H3. The van der Waals surface area contributed by atoms with E-state index in [1.54, 1.807) is 17.8 Å². The van der Waals surface area contributed by atoms with E-state index in [1.807, 2.05) is 20.0 Å². The van der Waals surface area contributed by atoms with E-state index in [0.29, 0.717) is 0 Å². The lowest BCUT2D eigenvalue weighted by Gasteiger charge is -2.17. The van der Waals surface area contributed by atoms with Gasteiger partial charge in [0.25, 0.3) is 0 Å². The smallest absolute Gasteiger partial charge is 0.123 e. The molecule has 1 aromatic carbocycles. The first kappa shape index (κ1) is 11.5. The van der Waals surface area contributed by atoms with Crippen LogP contribution in [0, 0.1) is 12.7 Å². The minimum absolute atomic E-state index is 0.160. The maximum absolute atomic E-state index is 13.0. The summed E-state index contributed by atoms with van der Waals surface area (Å²) in [5, 5.41) is 3.20. The van der Waals surface area contributed by atoms with Crippen molar-refractivity contribution in [2.24, 2.45) is 0 Å². The van der Waals surface area contributed by atoms with E-state index in [1.165, 1.54) is 6.07 Å². The summed E-state index contributed by atoms with van der Waals surface area (Å²) >= 11 is 1.76. The second kappa shape index (κ2) is 5.37. The molecule has 1 atom stereocenters. The number of halogens is 1. The molecule has 0 aliphatic rings. The monoisotopic (exact) mass is 213 g/mol. The minimum Gasteiger partial charge on any atom is -0.312 e. The summed E-state index contributed by atoms with van der Waals surface area (Å²) in [4.78, 5) is 0. The number of aryl methyl sites for hydroxylation is 1. The van der Waals surface area contributed by atoms with Crippen LogP contribution in [0.15, 0.2) is 18.2 Å². The summed E-state index contributed by atoms with van der Waals surface area (Å²) in [6, 6.07) is 5.19. The molecule has 1 rings (SSSR count). The van der Waals surface area contributed by atoms with Crippen LogP contribution in [-0.2, 0) is 0 Å². The molecule has 0 fully saturated rings. The van der Waals surface area contributed by atoms with Gasteiger partial charge in [-0.05, 0) is 43.5 Å². The molecule has 1 N–H and O–H groups in total. The van der Waals surface area contributed by atoms with Crippen LogP contribution in [0.1, 0.15) is 17.2 Å². The van der Waals surface area contributed by atoms with Crippen LogP contribution in [-0.4, -0.2) is 19.1 Å². The van der Waals surface area contributed by atoms with E-state index >= 15 is 0 Å². The van der Waals surface area contributed by atoms with Crippen molar-refractivity contribution in [3.05, 3.63) is 35.1 Å². The van der Waals surface area contributed by atoms with Gasteiger partial charge in [-0.25, -0.2) is 4.39 Å². The van der Waals surface area contributed by atoms with E-state index in [0.717, 1.165) is 16.9 Å². The van der Waals surface area contributed by atoms with Crippen LogP contribution in [0.5, 0.6) is 0 Å². The second-order valence-corrected chi connectivity index (χ2v) is 4.21.